The minimum atomic E-state index is -0.737. The molecule has 0 aliphatic heterocycles. The first-order chi connectivity index (χ1) is 7.15. The zero-order valence-corrected chi connectivity index (χ0v) is 8.74. The topological polar surface area (TPSA) is 29.5 Å². The summed E-state index contributed by atoms with van der Waals surface area (Å²) in [6, 6.07) is 4.13. The predicted octanol–water partition coefficient (Wildman–Crippen LogP) is 2.83. The Bertz CT molecular complexity index is 334. The van der Waals surface area contributed by atoms with Gasteiger partial charge in [0.05, 0.1) is 12.7 Å². The molecule has 1 N–H and O–H groups in total. The second-order valence-electron chi connectivity index (χ2n) is 3.28. The van der Waals surface area contributed by atoms with Crippen molar-refractivity contribution in [2.24, 2.45) is 0 Å². The summed E-state index contributed by atoms with van der Waals surface area (Å²) in [6.45, 7) is 5.63. The Morgan fingerprint density at radius 3 is 2.93 bits per heavy atom. The smallest absolute Gasteiger partial charge is 0.125 e. The van der Waals surface area contributed by atoms with E-state index in [0.717, 1.165) is 6.42 Å². The Morgan fingerprint density at radius 2 is 2.33 bits per heavy atom. The van der Waals surface area contributed by atoms with Crippen molar-refractivity contribution in [3.05, 3.63) is 42.2 Å². The summed E-state index contributed by atoms with van der Waals surface area (Å²) in [5.41, 5.74) is 0.471. The second-order valence-corrected chi connectivity index (χ2v) is 3.28. The summed E-state index contributed by atoms with van der Waals surface area (Å²) in [6.07, 6.45) is 1.72. The highest BCUT2D eigenvalue weighted by Crippen LogP contribution is 2.25. The van der Waals surface area contributed by atoms with E-state index in [0.29, 0.717) is 17.9 Å². The number of aliphatic hydroxyl groups is 1. The fraction of sp³-hybridized carbons (Fsp3) is 0.333. The fourth-order valence-electron chi connectivity index (χ4n) is 1.23. The van der Waals surface area contributed by atoms with E-state index in [1.807, 2.05) is 0 Å². The number of benzene rings is 1. The van der Waals surface area contributed by atoms with Crippen molar-refractivity contribution in [3.8, 4) is 5.75 Å². The zero-order chi connectivity index (χ0) is 11.3. The Kier molecular flexibility index (Phi) is 4.31. The van der Waals surface area contributed by atoms with Crippen molar-refractivity contribution >= 4 is 0 Å². The molecule has 1 atom stereocenters. The lowest BCUT2D eigenvalue weighted by Crippen LogP contribution is -2.02. The van der Waals surface area contributed by atoms with Crippen LogP contribution in [0.25, 0.3) is 0 Å². The van der Waals surface area contributed by atoms with Gasteiger partial charge < -0.3 is 9.84 Å². The lowest BCUT2D eigenvalue weighted by molar-refractivity contribution is 0.191. The number of hydrogen-bond donors (Lipinski definition) is 1. The molecule has 1 aromatic rings. The molecular weight excluding hydrogens is 195 g/mol. The van der Waals surface area contributed by atoms with Gasteiger partial charge in [-0.2, -0.15) is 0 Å². The quantitative estimate of drug-likeness (QED) is 0.598. The van der Waals surface area contributed by atoms with E-state index in [1.54, 1.807) is 13.0 Å². The van der Waals surface area contributed by atoms with Crippen molar-refractivity contribution in [2.45, 2.75) is 19.4 Å². The van der Waals surface area contributed by atoms with Gasteiger partial charge in [0.2, 0.25) is 0 Å². The number of rotatable bonds is 5. The highest BCUT2D eigenvalue weighted by atomic mass is 19.1. The summed E-state index contributed by atoms with van der Waals surface area (Å²) < 4.78 is 18.3. The first kappa shape index (κ1) is 11.7. The largest absolute Gasteiger partial charge is 0.493 e. The minimum absolute atomic E-state index is 0.373. The summed E-state index contributed by atoms with van der Waals surface area (Å²) in [5.74, 6) is 0.148. The van der Waals surface area contributed by atoms with E-state index in [4.69, 9.17) is 4.74 Å². The molecule has 0 aromatic heterocycles. The predicted molar refractivity (Wildman–Crippen MR) is 57.3 cm³/mol. The van der Waals surface area contributed by atoms with Crippen LogP contribution in [0, 0.1) is 5.82 Å². The zero-order valence-electron chi connectivity index (χ0n) is 8.74. The molecule has 1 aromatic carbocycles. The van der Waals surface area contributed by atoms with Crippen LogP contribution in [-0.2, 0) is 0 Å². The van der Waals surface area contributed by atoms with Gasteiger partial charge in [-0.15, -0.1) is 6.58 Å². The third-order valence-electron chi connectivity index (χ3n) is 2.00. The standard InChI is InChI=1S/C12H15FO2/c1-3-4-7-15-12-6-5-10(13)8-11(12)9(2)14/h3,5-6,8-9,14H,1,4,7H2,2H3. The Morgan fingerprint density at radius 1 is 1.60 bits per heavy atom. The third kappa shape index (κ3) is 3.36. The van der Waals surface area contributed by atoms with Gasteiger partial charge in [0, 0.05) is 5.56 Å². The first-order valence-corrected chi connectivity index (χ1v) is 4.86. The summed E-state index contributed by atoms with van der Waals surface area (Å²) in [5, 5.41) is 9.42. The molecule has 1 rings (SSSR count). The van der Waals surface area contributed by atoms with Crippen LogP contribution < -0.4 is 4.74 Å². The maximum absolute atomic E-state index is 12.9. The van der Waals surface area contributed by atoms with Gasteiger partial charge in [-0.3, -0.25) is 0 Å². The molecular formula is C12H15FO2. The maximum Gasteiger partial charge on any atom is 0.125 e. The van der Waals surface area contributed by atoms with E-state index < -0.39 is 6.10 Å². The fourth-order valence-corrected chi connectivity index (χ4v) is 1.23. The van der Waals surface area contributed by atoms with Crippen molar-refractivity contribution in [2.75, 3.05) is 6.61 Å². The third-order valence-corrected chi connectivity index (χ3v) is 2.00. The van der Waals surface area contributed by atoms with Gasteiger partial charge >= 0.3 is 0 Å². The molecule has 0 radical (unpaired) electrons. The number of hydrogen-bond acceptors (Lipinski definition) is 2. The molecule has 82 valence electrons. The lowest BCUT2D eigenvalue weighted by Gasteiger charge is -2.12. The summed E-state index contributed by atoms with van der Waals surface area (Å²) in [4.78, 5) is 0. The average Bonchev–Trinajstić information content (AvgIpc) is 2.20. The van der Waals surface area contributed by atoms with Gasteiger partial charge in [-0.25, -0.2) is 4.39 Å². The summed E-state index contributed by atoms with van der Waals surface area (Å²) in [7, 11) is 0. The lowest BCUT2D eigenvalue weighted by atomic mass is 10.1. The summed E-state index contributed by atoms with van der Waals surface area (Å²) >= 11 is 0. The van der Waals surface area contributed by atoms with E-state index >= 15 is 0 Å². The van der Waals surface area contributed by atoms with Gasteiger partial charge in [0.25, 0.3) is 0 Å². The van der Waals surface area contributed by atoms with Gasteiger partial charge in [-0.05, 0) is 31.5 Å². The average molecular weight is 210 g/mol. The molecule has 0 aliphatic carbocycles. The number of aliphatic hydroxyl groups excluding tert-OH is 1. The SMILES string of the molecule is C=CCCOc1ccc(F)cc1C(C)O. The van der Waals surface area contributed by atoms with Crippen LogP contribution in [0.3, 0.4) is 0 Å². The van der Waals surface area contributed by atoms with Crippen molar-refractivity contribution < 1.29 is 14.2 Å². The molecule has 1 unspecified atom stereocenters. The second kappa shape index (κ2) is 5.51. The Labute approximate surface area is 89.0 Å². The Hall–Kier alpha value is -1.35. The van der Waals surface area contributed by atoms with Crippen LogP contribution in [-0.4, -0.2) is 11.7 Å². The highest BCUT2D eigenvalue weighted by molar-refractivity contribution is 5.35. The molecule has 0 spiro atoms. The minimum Gasteiger partial charge on any atom is -0.493 e. The molecule has 0 saturated heterocycles. The van der Waals surface area contributed by atoms with E-state index in [-0.39, 0.29) is 5.82 Å². The highest BCUT2D eigenvalue weighted by Gasteiger charge is 2.09. The molecule has 0 bridgehead atoms. The Balaban J connectivity index is 2.81. The van der Waals surface area contributed by atoms with Crippen LogP contribution in [0.1, 0.15) is 25.0 Å². The van der Waals surface area contributed by atoms with Crippen molar-refractivity contribution in [3.63, 3.8) is 0 Å². The van der Waals surface area contributed by atoms with E-state index in [2.05, 4.69) is 6.58 Å². The van der Waals surface area contributed by atoms with E-state index in [9.17, 15) is 9.50 Å². The van der Waals surface area contributed by atoms with Crippen LogP contribution in [0.15, 0.2) is 30.9 Å². The van der Waals surface area contributed by atoms with Crippen LogP contribution >= 0.6 is 0 Å². The molecule has 0 saturated carbocycles. The molecule has 0 fully saturated rings. The molecule has 2 nitrogen and oxygen atoms in total. The van der Waals surface area contributed by atoms with Gasteiger partial charge in [-0.1, -0.05) is 6.08 Å². The molecule has 0 heterocycles. The van der Waals surface area contributed by atoms with Crippen molar-refractivity contribution in [1.82, 2.24) is 0 Å². The first-order valence-electron chi connectivity index (χ1n) is 4.86. The maximum atomic E-state index is 12.9. The monoisotopic (exact) mass is 210 g/mol. The normalized spacial score (nSPS) is 12.2. The number of ether oxygens (including phenoxy) is 1. The molecule has 0 amide bonds. The van der Waals surface area contributed by atoms with Crippen LogP contribution in [0.4, 0.5) is 4.39 Å². The molecule has 3 heteroatoms. The molecule has 15 heavy (non-hydrogen) atoms. The van der Waals surface area contributed by atoms with Gasteiger partial charge in [0.1, 0.15) is 11.6 Å². The van der Waals surface area contributed by atoms with Crippen LogP contribution in [0.5, 0.6) is 5.75 Å². The molecule has 0 aliphatic rings. The number of halogens is 1. The van der Waals surface area contributed by atoms with Crippen LogP contribution in [0.2, 0.25) is 0 Å². The van der Waals surface area contributed by atoms with Gasteiger partial charge in [0.15, 0.2) is 0 Å². The van der Waals surface area contributed by atoms with E-state index in [1.165, 1.54) is 18.2 Å². The van der Waals surface area contributed by atoms with Crippen molar-refractivity contribution in [1.29, 1.82) is 0 Å².